The van der Waals surface area contributed by atoms with Crippen molar-refractivity contribution in [1.29, 1.82) is 0 Å². The lowest BCUT2D eigenvalue weighted by Crippen LogP contribution is -2.09. The normalized spacial score (nSPS) is 15.1. The molecule has 0 radical (unpaired) electrons. The summed E-state index contributed by atoms with van der Waals surface area (Å²) in [6.07, 6.45) is 8.51. The van der Waals surface area contributed by atoms with Gasteiger partial charge in [0.05, 0.1) is 6.61 Å². The van der Waals surface area contributed by atoms with Crippen LogP contribution in [0.1, 0.15) is 38.8 Å². The maximum Gasteiger partial charge on any atom is 0.129 e. The van der Waals surface area contributed by atoms with Gasteiger partial charge in [0.25, 0.3) is 0 Å². The summed E-state index contributed by atoms with van der Waals surface area (Å²) in [6, 6.07) is 6.43. The van der Waals surface area contributed by atoms with Gasteiger partial charge in [-0.25, -0.2) is 0 Å². The Morgan fingerprint density at radius 3 is 2.94 bits per heavy atom. The monoisotopic (exact) mass is 230 g/mol. The summed E-state index contributed by atoms with van der Waals surface area (Å²) >= 11 is 0. The first-order valence-electron chi connectivity index (χ1n) is 5.87. The van der Waals surface area contributed by atoms with Gasteiger partial charge in [-0.15, -0.1) is 0 Å². The Kier molecular flexibility index (Phi) is 5.02. The van der Waals surface area contributed by atoms with Crippen LogP contribution in [-0.4, -0.2) is 6.61 Å². The third-order valence-electron chi connectivity index (χ3n) is 2.90. The summed E-state index contributed by atoms with van der Waals surface area (Å²) in [4.78, 5) is 0. The maximum atomic E-state index is 5.79. The van der Waals surface area contributed by atoms with E-state index in [1.54, 1.807) is 0 Å². The van der Waals surface area contributed by atoms with Crippen molar-refractivity contribution in [2.24, 2.45) is 0 Å². The second kappa shape index (κ2) is 6.29. The number of hydrogen-bond donors (Lipinski definition) is 0. The molecular weight excluding hydrogens is 208 g/mol. The molecule has 0 aromatic heterocycles. The minimum atomic E-state index is 0. The number of rotatable bonds is 2. The number of benzene rings is 1. The van der Waals surface area contributed by atoms with Crippen molar-refractivity contribution in [2.45, 2.75) is 34.1 Å². The molecule has 0 saturated carbocycles. The molecule has 2 rings (SSSR count). The molecule has 92 valence electrons. The Labute approximate surface area is 105 Å². The van der Waals surface area contributed by atoms with Crippen LogP contribution in [-0.2, 0) is 6.42 Å². The summed E-state index contributed by atoms with van der Waals surface area (Å²) in [6.45, 7) is 5.01. The van der Waals surface area contributed by atoms with Crippen molar-refractivity contribution in [2.75, 3.05) is 6.61 Å². The molecule has 1 aliphatic rings. The van der Waals surface area contributed by atoms with E-state index in [0.29, 0.717) is 0 Å². The molecule has 0 N–H and O–H groups in total. The Balaban J connectivity index is 0.00000144. The van der Waals surface area contributed by atoms with Crippen molar-refractivity contribution >= 4 is 5.57 Å². The first kappa shape index (κ1) is 13.6. The minimum Gasteiger partial charge on any atom is -0.493 e. The fourth-order valence-corrected chi connectivity index (χ4v) is 2.03. The second-order valence-electron chi connectivity index (χ2n) is 4.12. The van der Waals surface area contributed by atoms with Crippen molar-refractivity contribution in [3.63, 3.8) is 0 Å². The van der Waals surface area contributed by atoms with E-state index >= 15 is 0 Å². The SMILES string of the molecule is C.C/C=C\C=C(/C)c1cccc2c1OCCC2. The van der Waals surface area contributed by atoms with E-state index in [1.165, 1.54) is 16.7 Å². The number of aryl methyl sites for hydroxylation is 1. The van der Waals surface area contributed by atoms with Crippen LogP contribution in [0, 0.1) is 0 Å². The van der Waals surface area contributed by atoms with Crippen LogP contribution < -0.4 is 4.74 Å². The first-order chi connectivity index (χ1) is 7.83. The average molecular weight is 230 g/mol. The standard InChI is InChI=1S/C15H18O.CH4/c1-3-4-7-12(2)14-10-5-8-13-9-6-11-16-15(13)14;/h3-5,7-8,10H,6,9,11H2,1-2H3;1H4/b4-3-,12-7+;. The Hall–Kier alpha value is -1.50. The molecule has 1 aromatic carbocycles. The molecule has 0 spiro atoms. The van der Waals surface area contributed by atoms with Crippen molar-refractivity contribution in [3.05, 3.63) is 47.6 Å². The molecule has 1 heterocycles. The Morgan fingerprint density at radius 2 is 2.18 bits per heavy atom. The van der Waals surface area contributed by atoms with Gasteiger partial charge in [-0.3, -0.25) is 0 Å². The highest BCUT2D eigenvalue weighted by atomic mass is 16.5. The van der Waals surface area contributed by atoms with Crippen LogP contribution in [0.2, 0.25) is 0 Å². The zero-order valence-corrected chi connectivity index (χ0v) is 9.99. The topological polar surface area (TPSA) is 9.23 Å². The van der Waals surface area contributed by atoms with Gasteiger partial charge >= 0.3 is 0 Å². The highest BCUT2D eigenvalue weighted by Gasteiger charge is 2.14. The molecule has 0 aliphatic carbocycles. The minimum absolute atomic E-state index is 0. The fourth-order valence-electron chi connectivity index (χ4n) is 2.03. The lowest BCUT2D eigenvalue weighted by atomic mass is 9.98. The third kappa shape index (κ3) is 3.00. The molecule has 0 saturated heterocycles. The molecule has 1 heteroatoms. The van der Waals surface area contributed by atoms with Gasteiger partial charge in [0, 0.05) is 5.56 Å². The van der Waals surface area contributed by atoms with Crippen LogP contribution in [0.4, 0.5) is 0 Å². The zero-order valence-electron chi connectivity index (χ0n) is 9.99. The summed E-state index contributed by atoms with van der Waals surface area (Å²) in [7, 11) is 0. The summed E-state index contributed by atoms with van der Waals surface area (Å²) in [5.74, 6) is 1.09. The van der Waals surface area contributed by atoms with Gasteiger partial charge in [-0.2, -0.15) is 0 Å². The van der Waals surface area contributed by atoms with Crippen LogP contribution in [0.3, 0.4) is 0 Å². The lowest BCUT2D eigenvalue weighted by molar-refractivity contribution is 0.287. The summed E-state index contributed by atoms with van der Waals surface area (Å²) < 4.78 is 5.79. The molecule has 1 aromatic rings. The maximum absolute atomic E-state index is 5.79. The largest absolute Gasteiger partial charge is 0.493 e. The van der Waals surface area contributed by atoms with Crippen molar-refractivity contribution < 1.29 is 4.74 Å². The fraction of sp³-hybridized carbons (Fsp3) is 0.375. The van der Waals surface area contributed by atoms with E-state index < -0.39 is 0 Å². The number of ether oxygens (including phenoxy) is 1. The van der Waals surface area contributed by atoms with Crippen LogP contribution in [0.15, 0.2) is 36.4 Å². The first-order valence-corrected chi connectivity index (χ1v) is 5.87. The molecule has 0 atom stereocenters. The summed E-state index contributed by atoms with van der Waals surface area (Å²) in [5, 5.41) is 0. The predicted octanol–water partition coefficient (Wildman–Crippen LogP) is 4.63. The van der Waals surface area contributed by atoms with E-state index in [0.717, 1.165) is 25.2 Å². The van der Waals surface area contributed by atoms with Gasteiger partial charge in [-0.05, 0) is 37.8 Å². The molecule has 17 heavy (non-hydrogen) atoms. The Morgan fingerprint density at radius 1 is 1.35 bits per heavy atom. The number of para-hydroxylation sites is 1. The van der Waals surface area contributed by atoms with E-state index in [-0.39, 0.29) is 7.43 Å². The van der Waals surface area contributed by atoms with Crippen molar-refractivity contribution in [1.82, 2.24) is 0 Å². The number of hydrogen-bond acceptors (Lipinski definition) is 1. The zero-order chi connectivity index (χ0) is 11.4. The highest BCUT2D eigenvalue weighted by molar-refractivity contribution is 5.71. The lowest BCUT2D eigenvalue weighted by Gasteiger charge is -2.20. The third-order valence-corrected chi connectivity index (χ3v) is 2.90. The van der Waals surface area contributed by atoms with E-state index in [2.05, 4.69) is 37.3 Å². The molecular formula is C16H22O. The van der Waals surface area contributed by atoms with Gasteiger partial charge in [0.2, 0.25) is 0 Å². The predicted molar refractivity (Wildman–Crippen MR) is 75.5 cm³/mol. The number of allylic oxidation sites excluding steroid dienone is 4. The molecule has 0 bridgehead atoms. The van der Waals surface area contributed by atoms with E-state index in [9.17, 15) is 0 Å². The quantitative estimate of drug-likeness (QED) is 0.673. The molecule has 0 amide bonds. The van der Waals surface area contributed by atoms with E-state index in [1.807, 2.05) is 13.0 Å². The van der Waals surface area contributed by atoms with Crippen LogP contribution in [0.25, 0.3) is 5.57 Å². The second-order valence-corrected chi connectivity index (χ2v) is 4.12. The smallest absolute Gasteiger partial charge is 0.129 e. The van der Waals surface area contributed by atoms with Gasteiger partial charge in [0.1, 0.15) is 5.75 Å². The average Bonchev–Trinajstić information content (AvgIpc) is 2.35. The van der Waals surface area contributed by atoms with Gasteiger partial charge in [-0.1, -0.05) is 43.9 Å². The van der Waals surface area contributed by atoms with E-state index in [4.69, 9.17) is 4.74 Å². The van der Waals surface area contributed by atoms with Gasteiger partial charge in [0.15, 0.2) is 0 Å². The van der Waals surface area contributed by atoms with Gasteiger partial charge < -0.3 is 4.74 Å². The van der Waals surface area contributed by atoms with Crippen molar-refractivity contribution in [3.8, 4) is 5.75 Å². The number of fused-ring (bicyclic) bond motifs is 1. The highest BCUT2D eigenvalue weighted by Crippen LogP contribution is 2.33. The Bertz CT molecular complexity index is 427. The summed E-state index contributed by atoms with van der Waals surface area (Å²) in [5.41, 5.74) is 3.84. The molecule has 1 aliphatic heterocycles. The molecule has 0 fully saturated rings. The molecule has 1 nitrogen and oxygen atoms in total. The van der Waals surface area contributed by atoms with Crippen LogP contribution in [0.5, 0.6) is 5.75 Å². The van der Waals surface area contributed by atoms with Crippen LogP contribution >= 0.6 is 0 Å². The molecule has 0 unspecified atom stereocenters.